The van der Waals surface area contributed by atoms with Crippen LogP contribution in [0, 0.1) is 5.92 Å². The topological polar surface area (TPSA) is 70.2 Å². The molecule has 3 N–H and O–H groups in total. The molecule has 0 saturated carbocycles. The summed E-state index contributed by atoms with van der Waals surface area (Å²) in [6.07, 6.45) is 0.900. The van der Waals surface area contributed by atoms with Gasteiger partial charge in [0.2, 0.25) is 5.91 Å². The maximum Gasteiger partial charge on any atom is 0.251 e. The number of carbonyl (C=O) groups excluding carboxylic acids is 2. The smallest absolute Gasteiger partial charge is 0.251 e. The van der Waals surface area contributed by atoms with Crippen LogP contribution < -0.4 is 16.0 Å². The van der Waals surface area contributed by atoms with Crippen LogP contribution in [0.25, 0.3) is 0 Å². The Labute approximate surface area is 112 Å². The summed E-state index contributed by atoms with van der Waals surface area (Å²) in [5.41, 5.74) is 1.24. The van der Waals surface area contributed by atoms with Crippen molar-refractivity contribution in [2.75, 3.05) is 25.0 Å². The van der Waals surface area contributed by atoms with Crippen molar-refractivity contribution < 1.29 is 9.59 Å². The SMILES string of the molecule is CCCNC(=O)c1cccc(NC(=O)C2CNC2)c1. The lowest BCUT2D eigenvalue weighted by Crippen LogP contribution is -2.48. The van der Waals surface area contributed by atoms with Gasteiger partial charge in [-0.05, 0) is 24.6 Å². The molecule has 5 nitrogen and oxygen atoms in total. The van der Waals surface area contributed by atoms with Gasteiger partial charge in [-0.15, -0.1) is 0 Å². The van der Waals surface area contributed by atoms with Gasteiger partial charge in [0.15, 0.2) is 0 Å². The Morgan fingerprint density at radius 3 is 2.79 bits per heavy atom. The molecule has 5 heteroatoms. The summed E-state index contributed by atoms with van der Waals surface area (Å²) in [5, 5.41) is 8.70. The Morgan fingerprint density at radius 1 is 1.37 bits per heavy atom. The average Bonchev–Trinajstić information content (AvgIpc) is 2.34. The first kappa shape index (κ1) is 13.5. The quantitative estimate of drug-likeness (QED) is 0.740. The molecule has 102 valence electrons. The molecule has 0 aliphatic carbocycles. The van der Waals surface area contributed by atoms with Crippen molar-refractivity contribution in [3.63, 3.8) is 0 Å². The standard InChI is InChI=1S/C14H19N3O2/c1-2-6-16-13(18)10-4-3-5-12(7-10)17-14(19)11-8-15-9-11/h3-5,7,11,15H,2,6,8-9H2,1H3,(H,16,18)(H,17,19). The molecule has 2 rings (SSSR count). The number of hydrogen-bond acceptors (Lipinski definition) is 3. The monoisotopic (exact) mass is 261 g/mol. The Kier molecular flexibility index (Phi) is 4.52. The minimum atomic E-state index is -0.108. The fourth-order valence-corrected chi connectivity index (χ4v) is 1.80. The lowest BCUT2D eigenvalue weighted by molar-refractivity contribution is -0.121. The lowest BCUT2D eigenvalue weighted by atomic mass is 10.0. The maximum absolute atomic E-state index is 11.8. The molecule has 1 fully saturated rings. The zero-order chi connectivity index (χ0) is 13.7. The van der Waals surface area contributed by atoms with Crippen molar-refractivity contribution in [2.45, 2.75) is 13.3 Å². The van der Waals surface area contributed by atoms with Crippen molar-refractivity contribution >= 4 is 17.5 Å². The van der Waals surface area contributed by atoms with Crippen molar-refractivity contribution in [2.24, 2.45) is 5.92 Å². The van der Waals surface area contributed by atoms with E-state index in [1.165, 1.54) is 0 Å². The largest absolute Gasteiger partial charge is 0.352 e. The van der Waals surface area contributed by atoms with Crippen LogP contribution in [0.1, 0.15) is 23.7 Å². The van der Waals surface area contributed by atoms with Crippen molar-refractivity contribution in [3.05, 3.63) is 29.8 Å². The summed E-state index contributed by atoms with van der Waals surface area (Å²) in [6, 6.07) is 7.01. The van der Waals surface area contributed by atoms with E-state index in [0.717, 1.165) is 19.5 Å². The van der Waals surface area contributed by atoms with Gasteiger partial charge in [0.1, 0.15) is 0 Å². The number of carbonyl (C=O) groups is 2. The summed E-state index contributed by atoms with van der Waals surface area (Å²) in [5.74, 6) is -0.0642. The van der Waals surface area contributed by atoms with Crippen LogP contribution in [0.15, 0.2) is 24.3 Å². The molecule has 2 amide bonds. The molecule has 1 aliphatic heterocycles. The highest BCUT2D eigenvalue weighted by molar-refractivity contribution is 5.97. The summed E-state index contributed by atoms with van der Waals surface area (Å²) < 4.78 is 0. The zero-order valence-electron chi connectivity index (χ0n) is 11.0. The van der Waals surface area contributed by atoms with Gasteiger partial charge in [-0.2, -0.15) is 0 Å². The van der Waals surface area contributed by atoms with Crippen LogP contribution in [-0.4, -0.2) is 31.4 Å². The van der Waals surface area contributed by atoms with Crippen molar-refractivity contribution in [1.82, 2.24) is 10.6 Å². The van der Waals surface area contributed by atoms with Gasteiger partial charge in [0.05, 0.1) is 5.92 Å². The van der Waals surface area contributed by atoms with E-state index in [0.29, 0.717) is 17.8 Å². The van der Waals surface area contributed by atoms with Gasteiger partial charge in [0, 0.05) is 30.9 Å². The van der Waals surface area contributed by atoms with Crippen LogP contribution in [-0.2, 0) is 4.79 Å². The van der Waals surface area contributed by atoms with Crippen molar-refractivity contribution in [1.29, 1.82) is 0 Å². The van der Waals surface area contributed by atoms with E-state index < -0.39 is 0 Å². The van der Waals surface area contributed by atoms with Gasteiger partial charge in [-0.25, -0.2) is 0 Å². The maximum atomic E-state index is 11.8. The Morgan fingerprint density at radius 2 is 2.16 bits per heavy atom. The van der Waals surface area contributed by atoms with Gasteiger partial charge in [0.25, 0.3) is 5.91 Å². The van der Waals surface area contributed by atoms with Gasteiger partial charge in [-0.3, -0.25) is 9.59 Å². The molecule has 1 heterocycles. The predicted molar refractivity (Wildman–Crippen MR) is 74.1 cm³/mol. The fraction of sp³-hybridized carbons (Fsp3) is 0.429. The van der Waals surface area contributed by atoms with Gasteiger partial charge in [-0.1, -0.05) is 13.0 Å². The first-order valence-electron chi connectivity index (χ1n) is 6.60. The van der Waals surface area contributed by atoms with E-state index in [9.17, 15) is 9.59 Å². The third-order valence-electron chi connectivity index (χ3n) is 3.08. The van der Waals surface area contributed by atoms with E-state index in [1.807, 2.05) is 6.92 Å². The Balaban J connectivity index is 1.97. The number of anilines is 1. The first-order valence-corrected chi connectivity index (χ1v) is 6.60. The number of hydrogen-bond donors (Lipinski definition) is 3. The molecule has 1 saturated heterocycles. The minimum absolute atomic E-state index is 0.00451. The summed E-state index contributed by atoms with van der Waals surface area (Å²) in [7, 11) is 0. The van der Waals surface area contributed by atoms with Gasteiger partial charge >= 0.3 is 0 Å². The summed E-state index contributed by atoms with van der Waals surface area (Å²) in [6.45, 7) is 4.11. The predicted octanol–water partition coefficient (Wildman–Crippen LogP) is 0.984. The van der Waals surface area contributed by atoms with Crippen LogP contribution in [0.3, 0.4) is 0 Å². The van der Waals surface area contributed by atoms with E-state index in [1.54, 1.807) is 24.3 Å². The molecule has 1 aromatic carbocycles. The molecule has 19 heavy (non-hydrogen) atoms. The van der Waals surface area contributed by atoms with Crippen LogP contribution in [0.5, 0.6) is 0 Å². The Bertz CT molecular complexity index is 470. The van der Waals surface area contributed by atoms with Crippen LogP contribution in [0.4, 0.5) is 5.69 Å². The molecule has 0 spiro atoms. The minimum Gasteiger partial charge on any atom is -0.352 e. The second-order valence-corrected chi connectivity index (χ2v) is 4.68. The molecule has 0 aromatic heterocycles. The lowest BCUT2D eigenvalue weighted by Gasteiger charge is -2.25. The third-order valence-corrected chi connectivity index (χ3v) is 3.08. The number of amides is 2. The van der Waals surface area contributed by atoms with Crippen LogP contribution in [0.2, 0.25) is 0 Å². The third kappa shape index (κ3) is 3.54. The van der Waals surface area contributed by atoms with Crippen molar-refractivity contribution in [3.8, 4) is 0 Å². The fourth-order valence-electron chi connectivity index (χ4n) is 1.80. The highest BCUT2D eigenvalue weighted by atomic mass is 16.2. The molecular weight excluding hydrogens is 242 g/mol. The molecule has 1 aromatic rings. The van der Waals surface area contributed by atoms with E-state index >= 15 is 0 Å². The highest BCUT2D eigenvalue weighted by Gasteiger charge is 2.24. The van der Waals surface area contributed by atoms with E-state index in [2.05, 4.69) is 16.0 Å². The van der Waals surface area contributed by atoms with Gasteiger partial charge < -0.3 is 16.0 Å². The second kappa shape index (κ2) is 6.33. The summed E-state index contributed by atoms with van der Waals surface area (Å²) >= 11 is 0. The molecule has 0 radical (unpaired) electrons. The molecular formula is C14H19N3O2. The number of benzene rings is 1. The van der Waals surface area contributed by atoms with E-state index in [4.69, 9.17) is 0 Å². The zero-order valence-corrected chi connectivity index (χ0v) is 11.0. The number of rotatable bonds is 5. The molecule has 0 unspecified atom stereocenters. The normalized spacial score (nSPS) is 14.6. The summed E-state index contributed by atoms with van der Waals surface area (Å²) in [4.78, 5) is 23.6. The Hall–Kier alpha value is -1.88. The molecule has 0 atom stereocenters. The van der Waals surface area contributed by atoms with E-state index in [-0.39, 0.29) is 17.7 Å². The second-order valence-electron chi connectivity index (χ2n) is 4.68. The molecule has 1 aliphatic rings. The number of nitrogens with one attached hydrogen (secondary N) is 3. The average molecular weight is 261 g/mol. The first-order chi connectivity index (χ1) is 9.20. The van der Waals surface area contributed by atoms with Crippen LogP contribution >= 0.6 is 0 Å². The molecule has 0 bridgehead atoms. The highest BCUT2D eigenvalue weighted by Crippen LogP contribution is 2.13.